The van der Waals surface area contributed by atoms with Crippen LogP contribution in [0.4, 0.5) is 11.5 Å². The molecule has 6 rings (SSSR count). The van der Waals surface area contributed by atoms with E-state index in [1.54, 1.807) is 7.11 Å². The molecule has 0 radical (unpaired) electrons. The maximum absolute atomic E-state index is 12.9. The van der Waals surface area contributed by atoms with Crippen molar-refractivity contribution in [3.63, 3.8) is 0 Å². The van der Waals surface area contributed by atoms with Crippen LogP contribution in [0.15, 0.2) is 54.9 Å². The summed E-state index contributed by atoms with van der Waals surface area (Å²) in [6.45, 7) is 6.63. The van der Waals surface area contributed by atoms with Crippen molar-refractivity contribution >= 4 is 28.4 Å². The maximum atomic E-state index is 12.9. The zero-order chi connectivity index (χ0) is 29.9. The minimum atomic E-state index is -0.0676. The minimum absolute atomic E-state index is 0.0676. The fraction of sp³-hybridized carbons (Fsp3) is 0.455. The molecule has 4 aromatic rings. The normalized spacial score (nSPS) is 20.6. The monoisotopic (exact) mass is 582 g/mol. The number of piperazine rings is 1. The van der Waals surface area contributed by atoms with Crippen LogP contribution in [-0.4, -0.2) is 81.8 Å². The van der Waals surface area contributed by atoms with Crippen LogP contribution >= 0.6 is 0 Å². The van der Waals surface area contributed by atoms with E-state index in [-0.39, 0.29) is 17.9 Å². The molecule has 226 valence electrons. The van der Waals surface area contributed by atoms with Crippen LogP contribution in [-0.2, 0) is 4.79 Å². The van der Waals surface area contributed by atoms with Crippen LogP contribution < -0.4 is 15.8 Å². The summed E-state index contributed by atoms with van der Waals surface area (Å²) in [6, 6.07) is 16.7. The summed E-state index contributed by atoms with van der Waals surface area (Å²) < 4.78 is 7.79. The first kappa shape index (κ1) is 29.1. The Kier molecular flexibility index (Phi) is 8.58. The van der Waals surface area contributed by atoms with Gasteiger partial charge in [0.05, 0.1) is 24.2 Å². The molecular formula is C33H42N8O2. The van der Waals surface area contributed by atoms with Crippen LogP contribution in [0.5, 0.6) is 5.75 Å². The van der Waals surface area contributed by atoms with Gasteiger partial charge in [-0.3, -0.25) is 9.69 Å². The average molecular weight is 583 g/mol. The van der Waals surface area contributed by atoms with E-state index in [0.29, 0.717) is 29.7 Å². The molecule has 10 nitrogen and oxygen atoms in total. The van der Waals surface area contributed by atoms with Crippen LogP contribution in [0.1, 0.15) is 56.6 Å². The molecule has 43 heavy (non-hydrogen) atoms. The molecule has 0 bridgehead atoms. The SMILES string of the molecule is COc1cc(-c2nn(C3CCC(N4CCN(C)CC4)CC3)c3ncnc(N)c23)ccc1NC(=O)CC(C)c1ccccc1. The van der Waals surface area contributed by atoms with Gasteiger partial charge in [-0.1, -0.05) is 43.3 Å². The van der Waals surface area contributed by atoms with Crippen molar-refractivity contribution in [1.82, 2.24) is 29.5 Å². The molecule has 2 aliphatic rings. The summed E-state index contributed by atoms with van der Waals surface area (Å²) in [5.74, 6) is 0.996. The number of hydrogen-bond donors (Lipinski definition) is 2. The number of nitrogens with two attached hydrogens (primary N) is 1. The highest BCUT2D eigenvalue weighted by atomic mass is 16.5. The van der Waals surface area contributed by atoms with Gasteiger partial charge in [0, 0.05) is 44.2 Å². The smallest absolute Gasteiger partial charge is 0.225 e. The largest absolute Gasteiger partial charge is 0.495 e. The number of benzene rings is 2. The highest BCUT2D eigenvalue weighted by molar-refractivity contribution is 5.99. The van der Waals surface area contributed by atoms with E-state index in [9.17, 15) is 4.79 Å². The van der Waals surface area contributed by atoms with E-state index in [1.807, 2.05) is 48.5 Å². The van der Waals surface area contributed by atoms with Crippen LogP contribution in [0.2, 0.25) is 0 Å². The third-order valence-electron chi connectivity index (χ3n) is 9.19. The van der Waals surface area contributed by atoms with Crippen molar-refractivity contribution in [1.29, 1.82) is 0 Å². The van der Waals surface area contributed by atoms with Crippen molar-refractivity contribution < 1.29 is 9.53 Å². The lowest BCUT2D eigenvalue weighted by Gasteiger charge is -2.41. The van der Waals surface area contributed by atoms with Crippen molar-refractivity contribution in [3.05, 3.63) is 60.4 Å². The van der Waals surface area contributed by atoms with Gasteiger partial charge in [0.15, 0.2) is 5.65 Å². The van der Waals surface area contributed by atoms with Gasteiger partial charge in [0.2, 0.25) is 5.91 Å². The number of hydrogen-bond acceptors (Lipinski definition) is 8. The lowest BCUT2D eigenvalue weighted by atomic mass is 9.90. The fourth-order valence-corrected chi connectivity index (χ4v) is 6.63. The zero-order valence-electron chi connectivity index (χ0n) is 25.4. The van der Waals surface area contributed by atoms with Crippen LogP contribution in [0, 0.1) is 0 Å². The second-order valence-corrected chi connectivity index (χ2v) is 12.0. The highest BCUT2D eigenvalue weighted by Gasteiger charge is 2.31. The standard InChI is InChI=1S/C33H42N8O2/c1-22(23-7-5-4-6-8-23)19-29(42)37-27-14-9-24(20-28(27)43-3)31-30-32(34)35-21-36-33(30)41(38-31)26-12-10-25(11-13-26)40-17-15-39(2)16-18-40/h4-9,14,20-22,25-26H,10-13,15-19H2,1-3H3,(H,37,42)(H2,34,35,36). The fourth-order valence-electron chi connectivity index (χ4n) is 6.63. The maximum Gasteiger partial charge on any atom is 0.225 e. The molecule has 0 spiro atoms. The second kappa shape index (κ2) is 12.7. The topological polar surface area (TPSA) is 114 Å². The molecule has 1 aliphatic heterocycles. The number of likely N-dealkylation sites (N-methyl/N-ethyl adjacent to an activating group) is 1. The van der Waals surface area contributed by atoms with E-state index in [2.05, 4.69) is 43.7 Å². The molecule has 1 saturated carbocycles. The number of nitrogens with zero attached hydrogens (tertiary/aromatic N) is 6. The molecule has 2 aromatic heterocycles. The Morgan fingerprint density at radius 2 is 1.74 bits per heavy atom. The quantitative estimate of drug-likeness (QED) is 0.300. The third-order valence-corrected chi connectivity index (χ3v) is 9.19. The number of methoxy groups -OCH3 is 1. The van der Waals surface area contributed by atoms with E-state index >= 15 is 0 Å². The van der Waals surface area contributed by atoms with Gasteiger partial charge in [0.1, 0.15) is 23.6 Å². The Hall–Kier alpha value is -4.02. The molecule has 2 aromatic carbocycles. The number of nitrogens with one attached hydrogen (secondary N) is 1. The number of ether oxygens (including phenoxy) is 1. The van der Waals surface area contributed by atoms with Gasteiger partial charge in [-0.2, -0.15) is 5.10 Å². The number of fused-ring (bicyclic) bond motifs is 1. The summed E-state index contributed by atoms with van der Waals surface area (Å²) in [5, 5.41) is 8.89. The van der Waals surface area contributed by atoms with Gasteiger partial charge in [-0.25, -0.2) is 14.6 Å². The number of amides is 1. The number of rotatable bonds is 8. The summed E-state index contributed by atoms with van der Waals surface area (Å²) in [6.07, 6.45) is 6.28. The minimum Gasteiger partial charge on any atom is -0.495 e. The second-order valence-electron chi connectivity index (χ2n) is 12.0. The lowest BCUT2D eigenvalue weighted by Crippen LogP contribution is -2.49. The molecule has 1 aliphatic carbocycles. The van der Waals surface area contributed by atoms with Gasteiger partial charge in [0.25, 0.3) is 0 Å². The first-order chi connectivity index (χ1) is 20.9. The first-order valence-electron chi connectivity index (χ1n) is 15.4. The Labute approximate surface area is 253 Å². The Morgan fingerprint density at radius 1 is 1.02 bits per heavy atom. The average Bonchev–Trinajstić information content (AvgIpc) is 3.43. The summed E-state index contributed by atoms with van der Waals surface area (Å²) in [5.41, 5.74) is 10.5. The van der Waals surface area contributed by atoms with Crippen LogP contribution in [0.3, 0.4) is 0 Å². The van der Waals surface area contributed by atoms with Gasteiger partial charge in [-0.15, -0.1) is 0 Å². The van der Waals surface area contributed by atoms with Crippen molar-refractivity contribution in [2.45, 2.75) is 57.0 Å². The highest BCUT2D eigenvalue weighted by Crippen LogP contribution is 2.39. The number of carbonyl (C=O) groups is 1. The zero-order valence-corrected chi connectivity index (χ0v) is 25.4. The Morgan fingerprint density at radius 3 is 2.47 bits per heavy atom. The molecule has 10 heteroatoms. The summed E-state index contributed by atoms with van der Waals surface area (Å²) in [4.78, 5) is 26.9. The molecular weight excluding hydrogens is 540 g/mol. The molecule has 1 atom stereocenters. The predicted octanol–water partition coefficient (Wildman–Crippen LogP) is 4.95. The summed E-state index contributed by atoms with van der Waals surface area (Å²) in [7, 11) is 3.81. The van der Waals surface area contributed by atoms with Gasteiger partial charge in [-0.05, 0) is 56.3 Å². The molecule has 3 heterocycles. The van der Waals surface area contributed by atoms with E-state index in [0.717, 1.165) is 79.7 Å². The van der Waals surface area contributed by atoms with Crippen molar-refractivity contribution in [3.8, 4) is 17.0 Å². The number of anilines is 2. The van der Waals surface area contributed by atoms with E-state index in [4.69, 9.17) is 15.6 Å². The molecule has 1 saturated heterocycles. The molecule has 1 unspecified atom stereocenters. The van der Waals surface area contributed by atoms with Gasteiger partial charge < -0.3 is 20.7 Å². The molecule has 1 amide bonds. The van der Waals surface area contributed by atoms with Crippen LogP contribution in [0.25, 0.3) is 22.3 Å². The number of aromatic nitrogens is 4. The molecule has 3 N–H and O–H groups in total. The Balaban J connectivity index is 1.21. The number of carbonyl (C=O) groups excluding carboxylic acids is 1. The number of nitrogen functional groups attached to an aromatic ring is 1. The van der Waals surface area contributed by atoms with E-state index < -0.39 is 0 Å². The molecule has 2 fully saturated rings. The predicted molar refractivity (Wildman–Crippen MR) is 170 cm³/mol. The Bertz CT molecular complexity index is 1560. The van der Waals surface area contributed by atoms with E-state index in [1.165, 1.54) is 6.33 Å². The third kappa shape index (κ3) is 6.21. The van der Waals surface area contributed by atoms with Crippen molar-refractivity contribution in [2.24, 2.45) is 0 Å². The van der Waals surface area contributed by atoms with Gasteiger partial charge >= 0.3 is 0 Å². The summed E-state index contributed by atoms with van der Waals surface area (Å²) >= 11 is 0. The lowest BCUT2D eigenvalue weighted by molar-refractivity contribution is -0.116. The first-order valence-corrected chi connectivity index (χ1v) is 15.4. The van der Waals surface area contributed by atoms with Crippen molar-refractivity contribution in [2.75, 3.05) is 51.4 Å².